The molecule has 2 unspecified atom stereocenters. The van der Waals surface area contributed by atoms with Crippen LogP contribution in [0, 0.1) is 0 Å². The van der Waals surface area contributed by atoms with Crippen molar-refractivity contribution in [3.8, 4) is 5.75 Å². The molecule has 0 bridgehead atoms. The van der Waals surface area contributed by atoms with Gasteiger partial charge in [-0.1, -0.05) is 41.5 Å². The Kier molecular flexibility index (Phi) is 5.51. The number of hydrogen-bond donors (Lipinski definition) is 5. The van der Waals surface area contributed by atoms with E-state index in [1.807, 2.05) is 19.1 Å². The quantitative estimate of drug-likeness (QED) is 0.422. The SMILES string of the molecule is CC1NNC(=O)NC1N/N=C/c1cc(C(C)(C)C)c(O)c(C(C)(C)C)c1. The topological polar surface area (TPSA) is 97.8 Å². The van der Waals surface area contributed by atoms with Crippen LogP contribution in [0.1, 0.15) is 65.2 Å². The van der Waals surface area contributed by atoms with Gasteiger partial charge in [-0.25, -0.2) is 10.2 Å². The molecule has 1 heterocycles. The first kappa shape index (κ1) is 20.0. The van der Waals surface area contributed by atoms with Gasteiger partial charge in [0.2, 0.25) is 0 Å². The normalized spacial score (nSPS) is 21.4. The molecule has 2 amide bonds. The number of benzene rings is 1. The molecule has 1 aromatic rings. The van der Waals surface area contributed by atoms with E-state index in [0.29, 0.717) is 5.75 Å². The molecule has 5 N–H and O–H groups in total. The maximum Gasteiger partial charge on any atom is 0.330 e. The number of nitrogens with zero attached hydrogens (tertiary/aromatic N) is 1. The molecule has 1 saturated heterocycles. The Morgan fingerprint density at radius 1 is 1.12 bits per heavy atom. The second-order valence-corrected chi connectivity index (χ2v) is 8.86. The van der Waals surface area contributed by atoms with Crippen LogP contribution in [0.3, 0.4) is 0 Å². The first-order valence-corrected chi connectivity index (χ1v) is 8.88. The van der Waals surface area contributed by atoms with E-state index < -0.39 is 0 Å². The van der Waals surface area contributed by atoms with Crippen LogP contribution in [0.5, 0.6) is 5.75 Å². The van der Waals surface area contributed by atoms with Gasteiger partial charge in [0.25, 0.3) is 0 Å². The third-order valence-electron chi connectivity index (χ3n) is 4.38. The van der Waals surface area contributed by atoms with Gasteiger partial charge in [0.15, 0.2) is 0 Å². The lowest BCUT2D eigenvalue weighted by Crippen LogP contribution is -2.67. The third kappa shape index (κ3) is 4.66. The van der Waals surface area contributed by atoms with Crippen molar-refractivity contribution in [1.29, 1.82) is 0 Å². The van der Waals surface area contributed by atoms with Gasteiger partial charge in [-0.05, 0) is 35.4 Å². The number of carbonyl (C=O) groups is 1. The minimum absolute atomic E-state index is 0.0278. The van der Waals surface area contributed by atoms with Crippen molar-refractivity contribution in [1.82, 2.24) is 21.6 Å². The summed E-state index contributed by atoms with van der Waals surface area (Å²) >= 11 is 0. The summed E-state index contributed by atoms with van der Waals surface area (Å²) in [5, 5.41) is 17.8. The van der Waals surface area contributed by atoms with Crippen molar-refractivity contribution < 1.29 is 9.90 Å². The maximum atomic E-state index is 11.4. The van der Waals surface area contributed by atoms with E-state index in [2.05, 4.69) is 68.2 Å². The molecule has 0 radical (unpaired) electrons. The van der Waals surface area contributed by atoms with Crippen LogP contribution in [0.25, 0.3) is 0 Å². The van der Waals surface area contributed by atoms with Gasteiger partial charge in [0.05, 0.1) is 12.3 Å². The molecule has 2 rings (SSSR count). The van der Waals surface area contributed by atoms with Gasteiger partial charge < -0.3 is 10.4 Å². The zero-order chi connectivity index (χ0) is 19.7. The third-order valence-corrected chi connectivity index (χ3v) is 4.38. The second-order valence-electron chi connectivity index (χ2n) is 8.86. The molecule has 7 heteroatoms. The molecular formula is C19H31N5O2. The van der Waals surface area contributed by atoms with Crippen LogP contribution < -0.4 is 21.6 Å². The van der Waals surface area contributed by atoms with Gasteiger partial charge in [-0.2, -0.15) is 5.10 Å². The fourth-order valence-electron chi connectivity index (χ4n) is 2.78. The molecule has 1 aliphatic heterocycles. The molecule has 1 aliphatic rings. The molecule has 0 spiro atoms. The summed E-state index contributed by atoms with van der Waals surface area (Å²) in [4.78, 5) is 11.4. The fraction of sp³-hybridized carbons (Fsp3) is 0.579. The minimum Gasteiger partial charge on any atom is -0.507 e. The number of urea groups is 1. The Labute approximate surface area is 155 Å². The van der Waals surface area contributed by atoms with Crippen LogP contribution in [0.2, 0.25) is 0 Å². The fourth-order valence-corrected chi connectivity index (χ4v) is 2.78. The van der Waals surface area contributed by atoms with E-state index in [0.717, 1.165) is 16.7 Å². The first-order valence-electron chi connectivity index (χ1n) is 8.88. The van der Waals surface area contributed by atoms with Crippen LogP contribution >= 0.6 is 0 Å². The summed E-state index contributed by atoms with van der Waals surface area (Å²) in [6.07, 6.45) is 1.39. The molecule has 26 heavy (non-hydrogen) atoms. The number of phenols is 1. The smallest absolute Gasteiger partial charge is 0.330 e. The number of hydrazone groups is 1. The number of hydrogen-bond acceptors (Lipinski definition) is 5. The number of amides is 2. The lowest BCUT2D eigenvalue weighted by atomic mass is 9.78. The summed E-state index contributed by atoms with van der Waals surface area (Å²) in [5.74, 6) is 0.346. The van der Waals surface area contributed by atoms with E-state index in [1.165, 1.54) is 0 Å². The molecule has 1 fully saturated rings. The van der Waals surface area contributed by atoms with Crippen molar-refractivity contribution in [2.45, 2.75) is 71.5 Å². The van der Waals surface area contributed by atoms with Crippen LogP contribution in [-0.2, 0) is 10.8 Å². The Morgan fingerprint density at radius 2 is 1.65 bits per heavy atom. The standard InChI is InChI=1S/C19H31N5O2/c1-11-16(21-17(26)24-22-11)23-20-10-12-8-13(18(2,3)4)15(25)14(9-12)19(5,6)7/h8-11,16,22-23,25H,1-7H3,(H2,21,24,26)/b20-10+. The zero-order valence-corrected chi connectivity index (χ0v) is 16.7. The minimum atomic E-state index is -0.318. The Balaban J connectivity index is 2.29. The number of nitrogens with one attached hydrogen (secondary N) is 4. The molecule has 144 valence electrons. The van der Waals surface area contributed by atoms with E-state index in [-0.39, 0.29) is 29.1 Å². The predicted molar refractivity (Wildman–Crippen MR) is 104 cm³/mol. The van der Waals surface area contributed by atoms with E-state index in [9.17, 15) is 9.90 Å². The van der Waals surface area contributed by atoms with Crippen molar-refractivity contribution >= 4 is 12.2 Å². The van der Waals surface area contributed by atoms with Crippen LogP contribution in [-0.4, -0.2) is 29.6 Å². The maximum absolute atomic E-state index is 11.4. The highest BCUT2D eigenvalue weighted by atomic mass is 16.3. The molecule has 0 saturated carbocycles. The average molecular weight is 361 g/mol. The van der Waals surface area contributed by atoms with E-state index in [1.54, 1.807) is 6.21 Å². The first-order chi connectivity index (χ1) is 11.9. The number of aromatic hydroxyl groups is 1. The van der Waals surface area contributed by atoms with Gasteiger partial charge in [0, 0.05) is 11.1 Å². The van der Waals surface area contributed by atoms with Gasteiger partial charge in [-0.3, -0.25) is 10.9 Å². The Hall–Kier alpha value is -2.28. The van der Waals surface area contributed by atoms with Crippen molar-refractivity contribution in [2.24, 2.45) is 5.10 Å². The second kappa shape index (κ2) is 7.15. The van der Waals surface area contributed by atoms with E-state index >= 15 is 0 Å². The van der Waals surface area contributed by atoms with Gasteiger partial charge in [0.1, 0.15) is 11.9 Å². The van der Waals surface area contributed by atoms with Crippen LogP contribution in [0.15, 0.2) is 17.2 Å². The number of phenolic OH excluding ortho intramolecular Hbond substituents is 1. The molecule has 0 aliphatic carbocycles. The molecule has 7 nitrogen and oxygen atoms in total. The van der Waals surface area contributed by atoms with Crippen molar-refractivity contribution in [3.05, 3.63) is 28.8 Å². The highest BCUT2D eigenvalue weighted by Gasteiger charge is 2.26. The van der Waals surface area contributed by atoms with Gasteiger partial charge in [-0.15, -0.1) is 0 Å². The largest absolute Gasteiger partial charge is 0.507 e. The predicted octanol–water partition coefficient (Wildman–Crippen LogP) is 2.44. The van der Waals surface area contributed by atoms with Crippen molar-refractivity contribution in [2.75, 3.05) is 0 Å². The summed E-state index contributed by atoms with van der Waals surface area (Å²) in [6.45, 7) is 14.4. The van der Waals surface area contributed by atoms with Crippen molar-refractivity contribution in [3.63, 3.8) is 0 Å². The molecule has 1 aromatic carbocycles. The molecular weight excluding hydrogens is 330 g/mol. The molecule has 2 atom stereocenters. The number of hydrazine groups is 1. The summed E-state index contributed by atoms with van der Waals surface area (Å²) < 4.78 is 0. The highest BCUT2D eigenvalue weighted by molar-refractivity contribution is 5.81. The molecule has 0 aromatic heterocycles. The van der Waals surface area contributed by atoms with Crippen LogP contribution in [0.4, 0.5) is 4.79 Å². The zero-order valence-electron chi connectivity index (χ0n) is 16.7. The van der Waals surface area contributed by atoms with Gasteiger partial charge >= 0.3 is 6.03 Å². The lowest BCUT2D eigenvalue weighted by Gasteiger charge is -2.30. The Bertz CT molecular complexity index is 666. The average Bonchev–Trinajstić information content (AvgIpc) is 2.49. The number of carbonyl (C=O) groups excluding carboxylic acids is 1. The van der Waals surface area contributed by atoms with E-state index in [4.69, 9.17) is 0 Å². The summed E-state index contributed by atoms with van der Waals surface area (Å²) in [7, 11) is 0. The summed E-state index contributed by atoms with van der Waals surface area (Å²) in [6, 6.07) is 3.59. The summed E-state index contributed by atoms with van der Waals surface area (Å²) in [5.41, 5.74) is 10.6. The number of rotatable bonds is 3. The highest BCUT2D eigenvalue weighted by Crippen LogP contribution is 2.39. The monoisotopic (exact) mass is 361 g/mol. The Morgan fingerprint density at radius 3 is 2.15 bits per heavy atom. The lowest BCUT2D eigenvalue weighted by molar-refractivity contribution is 0.202.